The van der Waals surface area contributed by atoms with Crippen molar-refractivity contribution in [2.75, 3.05) is 10.0 Å². The van der Waals surface area contributed by atoms with E-state index in [0.717, 1.165) is 12.1 Å². The number of rotatable bonds is 6. The van der Waals surface area contributed by atoms with E-state index in [9.17, 15) is 23.1 Å². The molecule has 1 heterocycles. The van der Waals surface area contributed by atoms with Crippen LogP contribution in [0.3, 0.4) is 0 Å². The van der Waals surface area contributed by atoms with Crippen LogP contribution in [-0.4, -0.2) is 35.7 Å². The normalized spacial score (nSPS) is 11.1. The maximum Gasteiger partial charge on any atom is 0.339 e. The summed E-state index contributed by atoms with van der Waals surface area (Å²) in [5.41, 5.74) is 0.319. The summed E-state index contributed by atoms with van der Waals surface area (Å²) in [7, 11) is -4.17. The van der Waals surface area contributed by atoms with Crippen molar-refractivity contribution in [3.63, 3.8) is 0 Å². The molecule has 0 saturated heterocycles. The van der Waals surface area contributed by atoms with Crippen LogP contribution in [0.25, 0.3) is 0 Å². The van der Waals surface area contributed by atoms with Crippen LogP contribution in [0.1, 0.15) is 32.0 Å². The average molecular weight is 431 g/mol. The summed E-state index contributed by atoms with van der Waals surface area (Å²) >= 11 is 0. The Morgan fingerprint density at radius 2 is 1.77 bits per heavy atom. The predicted molar refractivity (Wildman–Crippen MR) is 106 cm³/mol. The molecule has 0 bridgehead atoms. The van der Waals surface area contributed by atoms with Gasteiger partial charge in [-0.1, -0.05) is 11.2 Å². The quantitative estimate of drug-likeness (QED) is 0.464. The minimum atomic E-state index is -4.17. The molecule has 2 aromatic carbocycles. The first kappa shape index (κ1) is 20.9. The van der Waals surface area contributed by atoms with Gasteiger partial charge in [-0.3, -0.25) is 9.52 Å². The number of carbonyl (C=O) groups is 2. The molecule has 0 radical (unpaired) electrons. The van der Waals surface area contributed by atoms with E-state index >= 15 is 0 Å². The van der Waals surface area contributed by atoms with Crippen molar-refractivity contribution in [3.05, 3.63) is 65.0 Å². The van der Waals surface area contributed by atoms with Crippen LogP contribution in [0.15, 0.2) is 52.0 Å². The van der Waals surface area contributed by atoms with Gasteiger partial charge in [0.25, 0.3) is 15.9 Å². The molecule has 0 fully saturated rings. The molecule has 0 aliphatic heterocycles. The Kier molecular flexibility index (Phi) is 5.47. The molecule has 0 aliphatic carbocycles. The van der Waals surface area contributed by atoms with E-state index in [1.54, 1.807) is 13.0 Å². The van der Waals surface area contributed by atoms with Crippen LogP contribution in [0.5, 0.6) is 5.75 Å². The minimum Gasteiger partial charge on any atom is -0.507 e. The molecule has 30 heavy (non-hydrogen) atoms. The van der Waals surface area contributed by atoms with Gasteiger partial charge >= 0.3 is 5.97 Å². The summed E-state index contributed by atoms with van der Waals surface area (Å²) in [5, 5.41) is 25.0. The Labute approximate surface area is 171 Å². The fourth-order valence-electron chi connectivity index (χ4n) is 2.72. The molecule has 0 saturated carbocycles. The first-order valence-electron chi connectivity index (χ1n) is 8.51. The van der Waals surface area contributed by atoms with Gasteiger partial charge in [0.2, 0.25) is 0 Å². The van der Waals surface area contributed by atoms with Crippen LogP contribution in [0.4, 0.5) is 11.4 Å². The van der Waals surface area contributed by atoms with Crippen LogP contribution in [0, 0.1) is 13.8 Å². The van der Waals surface area contributed by atoms with Crippen molar-refractivity contribution in [3.8, 4) is 5.75 Å². The molecular formula is C19H17N3O7S. The third kappa shape index (κ3) is 4.25. The number of aromatic hydroxyl groups is 1. The molecule has 11 heteroatoms. The zero-order valence-corrected chi connectivity index (χ0v) is 16.6. The van der Waals surface area contributed by atoms with Gasteiger partial charge in [-0.2, -0.15) is 0 Å². The number of carbonyl (C=O) groups excluding carboxylic acids is 1. The highest BCUT2D eigenvalue weighted by atomic mass is 32.2. The molecule has 1 amide bonds. The van der Waals surface area contributed by atoms with E-state index in [-0.39, 0.29) is 21.7 Å². The van der Waals surface area contributed by atoms with E-state index in [1.165, 1.54) is 31.3 Å². The number of nitrogens with one attached hydrogen (secondary N) is 2. The third-order valence-corrected chi connectivity index (χ3v) is 5.70. The minimum absolute atomic E-state index is 0.138. The predicted octanol–water partition coefficient (Wildman–Crippen LogP) is 2.75. The zero-order chi connectivity index (χ0) is 22.1. The topological polar surface area (TPSA) is 159 Å². The second-order valence-electron chi connectivity index (χ2n) is 6.38. The zero-order valence-electron chi connectivity index (χ0n) is 15.8. The second-order valence-corrected chi connectivity index (χ2v) is 8.03. The maximum atomic E-state index is 12.8. The molecular weight excluding hydrogens is 414 g/mol. The van der Waals surface area contributed by atoms with Gasteiger partial charge in [-0.05, 0) is 49.7 Å². The number of carboxylic acid groups (broad SMARTS) is 1. The lowest BCUT2D eigenvalue weighted by molar-refractivity contribution is 0.0693. The molecule has 156 valence electrons. The van der Waals surface area contributed by atoms with Gasteiger partial charge < -0.3 is 20.1 Å². The van der Waals surface area contributed by atoms with Gasteiger partial charge in [0.1, 0.15) is 22.6 Å². The van der Waals surface area contributed by atoms with Gasteiger partial charge in [-0.15, -0.1) is 0 Å². The van der Waals surface area contributed by atoms with Gasteiger partial charge in [0.05, 0.1) is 16.8 Å². The van der Waals surface area contributed by atoms with Gasteiger partial charge in [0, 0.05) is 5.69 Å². The molecule has 10 nitrogen and oxygen atoms in total. The fourth-order valence-corrected chi connectivity index (χ4v) is 4.02. The molecule has 3 aromatic rings. The first-order chi connectivity index (χ1) is 14.1. The first-order valence-corrected chi connectivity index (χ1v) is 9.99. The highest BCUT2D eigenvalue weighted by Crippen LogP contribution is 2.27. The van der Waals surface area contributed by atoms with E-state index < -0.39 is 33.2 Å². The highest BCUT2D eigenvalue weighted by Gasteiger charge is 2.22. The monoisotopic (exact) mass is 431 g/mol. The Balaban J connectivity index is 1.87. The number of hydrogen-bond donors (Lipinski definition) is 4. The summed E-state index contributed by atoms with van der Waals surface area (Å²) in [4.78, 5) is 23.2. The molecule has 0 atom stereocenters. The Bertz CT molecular complexity index is 1250. The van der Waals surface area contributed by atoms with E-state index in [2.05, 4.69) is 15.2 Å². The van der Waals surface area contributed by atoms with Crippen molar-refractivity contribution < 1.29 is 32.7 Å². The SMILES string of the molecule is Cc1cc(O)c(C(=O)O)cc1S(=O)(=O)Nc1cccc(NC(=O)c2cnoc2C)c1. The Morgan fingerprint density at radius 3 is 2.40 bits per heavy atom. The number of aromatic nitrogens is 1. The number of benzene rings is 2. The summed E-state index contributed by atoms with van der Waals surface area (Å²) < 4.78 is 32.7. The summed E-state index contributed by atoms with van der Waals surface area (Å²) in [6.45, 7) is 3.01. The lowest BCUT2D eigenvalue weighted by Crippen LogP contribution is -2.16. The molecule has 4 N–H and O–H groups in total. The summed E-state index contributed by atoms with van der Waals surface area (Å²) in [6, 6.07) is 7.90. The molecule has 0 aliphatic rings. The fraction of sp³-hybridized carbons (Fsp3) is 0.105. The number of aryl methyl sites for hydroxylation is 2. The van der Waals surface area contributed by atoms with Crippen molar-refractivity contribution in [1.82, 2.24) is 5.16 Å². The highest BCUT2D eigenvalue weighted by molar-refractivity contribution is 7.92. The lowest BCUT2D eigenvalue weighted by atomic mass is 10.1. The van der Waals surface area contributed by atoms with Crippen molar-refractivity contribution in [2.45, 2.75) is 18.7 Å². The Morgan fingerprint density at radius 1 is 1.07 bits per heavy atom. The molecule has 3 rings (SSSR count). The number of anilines is 2. The smallest absolute Gasteiger partial charge is 0.339 e. The number of sulfonamides is 1. The van der Waals surface area contributed by atoms with Crippen LogP contribution >= 0.6 is 0 Å². The van der Waals surface area contributed by atoms with Crippen molar-refractivity contribution in [2.24, 2.45) is 0 Å². The van der Waals surface area contributed by atoms with Crippen molar-refractivity contribution >= 4 is 33.3 Å². The van der Waals surface area contributed by atoms with Gasteiger partial charge in [0.15, 0.2) is 0 Å². The third-order valence-electron chi connectivity index (χ3n) is 4.18. The summed E-state index contributed by atoms with van der Waals surface area (Å²) in [6.07, 6.45) is 1.27. The number of amides is 1. The van der Waals surface area contributed by atoms with Crippen LogP contribution in [-0.2, 0) is 10.0 Å². The van der Waals surface area contributed by atoms with Gasteiger partial charge in [-0.25, -0.2) is 13.2 Å². The maximum absolute atomic E-state index is 12.8. The molecule has 0 spiro atoms. The average Bonchev–Trinajstić information content (AvgIpc) is 3.07. The second kappa shape index (κ2) is 7.87. The number of hydrogen-bond acceptors (Lipinski definition) is 7. The van der Waals surface area contributed by atoms with E-state index in [1.807, 2.05) is 0 Å². The Hall–Kier alpha value is -3.86. The summed E-state index contributed by atoms with van der Waals surface area (Å²) in [5.74, 6) is -2.14. The van der Waals surface area contributed by atoms with Crippen LogP contribution in [0.2, 0.25) is 0 Å². The van der Waals surface area contributed by atoms with Crippen molar-refractivity contribution in [1.29, 1.82) is 0 Å². The molecule has 1 aromatic heterocycles. The number of carboxylic acids is 1. The number of aromatic carboxylic acids is 1. The largest absolute Gasteiger partial charge is 0.507 e. The van der Waals surface area contributed by atoms with Crippen LogP contribution < -0.4 is 10.0 Å². The van der Waals surface area contributed by atoms with E-state index in [0.29, 0.717) is 11.4 Å². The lowest BCUT2D eigenvalue weighted by Gasteiger charge is -2.13. The van der Waals surface area contributed by atoms with E-state index in [4.69, 9.17) is 9.63 Å². The number of phenols is 1. The standard InChI is InChI=1S/C19H17N3O7S/c1-10-6-16(23)14(19(25)26)8-17(10)30(27,28)22-13-5-3-4-12(7-13)21-18(24)15-9-20-29-11(15)2/h3-9,22-23H,1-2H3,(H,21,24)(H,25,26). The molecule has 0 unspecified atom stereocenters. The number of nitrogens with zero attached hydrogens (tertiary/aromatic N) is 1.